The Kier molecular flexibility index (Phi) is 3.75. The summed E-state index contributed by atoms with van der Waals surface area (Å²) in [5.41, 5.74) is 1.41. The second-order valence-corrected chi connectivity index (χ2v) is 4.16. The highest BCUT2D eigenvalue weighted by Crippen LogP contribution is 2.08. The lowest BCUT2D eigenvalue weighted by atomic mass is 10.3. The van der Waals surface area contributed by atoms with Gasteiger partial charge in [0, 0.05) is 39.8 Å². The molecule has 17 heavy (non-hydrogen) atoms. The van der Waals surface area contributed by atoms with Crippen molar-refractivity contribution in [2.75, 3.05) is 33.3 Å². The van der Waals surface area contributed by atoms with Crippen molar-refractivity contribution >= 4 is 5.97 Å². The third-order valence-electron chi connectivity index (χ3n) is 2.97. The molecule has 1 saturated heterocycles. The number of aromatic nitrogens is 2. The molecule has 2 rings (SSSR count). The van der Waals surface area contributed by atoms with E-state index in [2.05, 4.69) is 20.1 Å². The summed E-state index contributed by atoms with van der Waals surface area (Å²) in [6.07, 6.45) is 0. The Morgan fingerprint density at radius 3 is 2.88 bits per heavy atom. The number of carbonyl (C=O) groups excluding carboxylic acids is 1. The Labute approximate surface area is 101 Å². The highest BCUT2D eigenvalue weighted by molar-refractivity contribution is 5.87. The van der Waals surface area contributed by atoms with Gasteiger partial charge in [0.2, 0.25) is 0 Å². The Balaban J connectivity index is 2.04. The monoisotopic (exact) mass is 238 g/mol. The van der Waals surface area contributed by atoms with Crippen LogP contribution in [-0.2, 0) is 18.3 Å². The normalized spacial score (nSPS) is 17.1. The van der Waals surface area contributed by atoms with Crippen LogP contribution < -0.4 is 5.32 Å². The number of esters is 1. The molecule has 0 saturated carbocycles. The van der Waals surface area contributed by atoms with Gasteiger partial charge in [0.1, 0.15) is 0 Å². The first kappa shape index (κ1) is 12.1. The smallest absolute Gasteiger partial charge is 0.358 e. The topological polar surface area (TPSA) is 59.4 Å². The lowest BCUT2D eigenvalue weighted by Crippen LogP contribution is -2.43. The maximum Gasteiger partial charge on any atom is 0.358 e. The van der Waals surface area contributed by atoms with Gasteiger partial charge in [-0.1, -0.05) is 0 Å². The van der Waals surface area contributed by atoms with Crippen molar-refractivity contribution in [2.45, 2.75) is 6.54 Å². The molecule has 94 valence electrons. The molecule has 0 bridgehead atoms. The Morgan fingerprint density at radius 1 is 1.53 bits per heavy atom. The summed E-state index contributed by atoms with van der Waals surface area (Å²) in [6.45, 7) is 4.91. The zero-order valence-corrected chi connectivity index (χ0v) is 10.3. The number of rotatable bonds is 3. The van der Waals surface area contributed by atoms with E-state index in [0.29, 0.717) is 5.69 Å². The average Bonchev–Trinajstić information content (AvgIpc) is 2.71. The second-order valence-electron chi connectivity index (χ2n) is 4.16. The highest BCUT2D eigenvalue weighted by Gasteiger charge is 2.16. The number of hydrogen-bond acceptors (Lipinski definition) is 5. The van der Waals surface area contributed by atoms with Gasteiger partial charge in [-0.25, -0.2) is 4.79 Å². The average molecular weight is 238 g/mol. The second kappa shape index (κ2) is 5.29. The summed E-state index contributed by atoms with van der Waals surface area (Å²) in [6, 6.07) is 1.80. The first-order chi connectivity index (χ1) is 8.20. The van der Waals surface area contributed by atoms with Gasteiger partial charge in [0.05, 0.1) is 12.8 Å². The number of nitrogens with one attached hydrogen (secondary N) is 1. The SMILES string of the molecule is COC(=O)c1cc(CN2CCNCC2)n(C)n1. The van der Waals surface area contributed by atoms with Crippen LogP contribution in [0.15, 0.2) is 6.07 Å². The van der Waals surface area contributed by atoms with Gasteiger partial charge in [-0.2, -0.15) is 5.10 Å². The Hall–Kier alpha value is -1.40. The van der Waals surface area contributed by atoms with E-state index in [0.717, 1.165) is 38.4 Å². The molecule has 2 heterocycles. The minimum atomic E-state index is -0.382. The van der Waals surface area contributed by atoms with E-state index in [1.807, 2.05) is 7.05 Å². The van der Waals surface area contributed by atoms with Crippen molar-refractivity contribution in [1.29, 1.82) is 0 Å². The Morgan fingerprint density at radius 2 is 2.24 bits per heavy atom. The minimum Gasteiger partial charge on any atom is -0.464 e. The molecule has 0 unspecified atom stereocenters. The van der Waals surface area contributed by atoms with E-state index in [1.54, 1.807) is 10.7 Å². The molecule has 1 fully saturated rings. The number of hydrogen-bond donors (Lipinski definition) is 1. The van der Waals surface area contributed by atoms with Crippen LogP contribution in [0.4, 0.5) is 0 Å². The standard InChI is InChI=1S/C11H18N4O2/c1-14-9(7-10(13-14)11(16)17-2)8-15-5-3-12-4-6-15/h7,12H,3-6,8H2,1-2H3. The van der Waals surface area contributed by atoms with Gasteiger partial charge in [-0.15, -0.1) is 0 Å². The van der Waals surface area contributed by atoms with Crippen molar-refractivity contribution < 1.29 is 9.53 Å². The van der Waals surface area contributed by atoms with Gasteiger partial charge in [-0.05, 0) is 6.07 Å². The number of aryl methyl sites for hydroxylation is 1. The van der Waals surface area contributed by atoms with Crippen LogP contribution in [-0.4, -0.2) is 53.9 Å². The van der Waals surface area contributed by atoms with Crippen molar-refractivity contribution in [3.8, 4) is 0 Å². The van der Waals surface area contributed by atoms with Crippen molar-refractivity contribution in [3.05, 3.63) is 17.5 Å². The zero-order valence-electron chi connectivity index (χ0n) is 10.3. The number of carbonyl (C=O) groups is 1. The summed E-state index contributed by atoms with van der Waals surface area (Å²) in [5.74, 6) is -0.382. The molecule has 1 aromatic rings. The molecule has 1 N–H and O–H groups in total. The fourth-order valence-corrected chi connectivity index (χ4v) is 1.96. The largest absolute Gasteiger partial charge is 0.464 e. The summed E-state index contributed by atoms with van der Waals surface area (Å²) in [4.78, 5) is 13.7. The van der Waals surface area contributed by atoms with E-state index in [1.165, 1.54) is 7.11 Å². The number of ether oxygens (including phenoxy) is 1. The van der Waals surface area contributed by atoms with Crippen molar-refractivity contribution in [1.82, 2.24) is 20.0 Å². The lowest BCUT2D eigenvalue weighted by Gasteiger charge is -2.26. The third kappa shape index (κ3) is 2.83. The van der Waals surface area contributed by atoms with Crippen molar-refractivity contribution in [2.24, 2.45) is 7.05 Å². The van der Waals surface area contributed by atoms with Gasteiger partial charge >= 0.3 is 5.97 Å². The first-order valence-electron chi connectivity index (χ1n) is 5.75. The molecule has 0 amide bonds. The first-order valence-corrected chi connectivity index (χ1v) is 5.75. The molecular formula is C11H18N4O2. The van der Waals surface area contributed by atoms with Gasteiger partial charge in [0.25, 0.3) is 0 Å². The van der Waals surface area contributed by atoms with Crippen LogP contribution in [0.2, 0.25) is 0 Å². The summed E-state index contributed by atoms with van der Waals surface area (Å²) in [7, 11) is 3.22. The molecule has 1 aliphatic rings. The fraction of sp³-hybridized carbons (Fsp3) is 0.636. The molecule has 0 aromatic carbocycles. The maximum absolute atomic E-state index is 11.3. The number of methoxy groups -OCH3 is 1. The predicted octanol–water partition coefficient (Wildman–Crippen LogP) is -0.388. The van der Waals surface area contributed by atoms with Crippen LogP contribution in [0.3, 0.4) is 0 Å². The zero-order chi connectivity index (χ0) is 12.3. The fourth-order valence-electron chi connectivity index (χ4n) is 1.96. The quantitative estimate of drug-likeness (QED) is 0.727. The lowest BCUT2D eigenvalue weighted by molar-refractivity contribution is 0.0593. The van der Waals surface area contributed by atoms with E-state index >= 15 is 0 Å². The van der Waals surface area contributed by atoms with E-state index < -0.39 is 0 Å². The molecule has 6 heteroatoms. The van der Waals surface area contributed by atoms with Gasteiger partial charge in [0.15, 0.2) is 5.69 Å². The molecule has 0 atom stereocenters. The van der Waals surface area contributed by atoms with Crippen LogP contribution in [0.5, 0.6) is 0 Å². The van der Waals surface area contributed by atoms with Crippen LogP contribution in [0, 0.1) is 0 Å². The summed E-state index contributed by atoms with van der Waals surface area (Å²) >= 11 is 0. The molecule has 0 spiro atoms. The van der Waals surface area contributed by atoms with Crippen LogP contribution in [0.25, 0.3) is 0 Å². The van der Waals surface area contributed by atoms with Crippen LogP contribution >= 0.6 is 0 Å². The minimum absolute atomic E-state index is 0.375. The summed E-state index contributed by atoms with van der Waals surface area (Å²) in [5, 5.41) is 7.46. The Bertz CT molecular complexity index is 396. The van der Waals surface area contributed by atoms with Gasteiger partial charge < -0.3 is 10.1 Å². The van der Waals surface area contributed by atoms with E-state index in [4.69, 9.17) is 0 Å². The molecule has 1 aliphatic heterocycles. The van der Waals surface area contributed by atoms with Gasteiger partial charge in [-0.3, -0.25) is 9.58 Å². The van der Waals surface area contributed by atoms with Crippen molar-refractivity contribution in [3.63, 3.8) is 0 Å². The number of nitrogens with zero attached hydrogens (tertiary/aromatic N) is 3. The maximum atomic E-state index is 11.3. The van der Waals surface area contributed by atoms with Crippen LogP contribution in [0.1, 0.15) is 16.2 Å². The highest BCUT2D eigenvalue weighted by atomic mass is 16.5. The number of piperazine rings is 1. The third-order valence-corrected chi connectivity index (χ3v) is 2.97. The molecule has 1 aromatic heterocycles. The summed E-state index contributed by atoms with van der Waals surface area (Å²) < 4.78 is 6.40. The molecule has 6 nitrogen and oxygen atoms in total. The predicted molar refractivity (Wildman–Crippen MR) is 62.7 cm³/mol. The van der Waals surface area contributed by atoms with E-state index in [9.17, 15) is 4.79 Å². The molecular weight excluding hydrogens is 220 g/mol. The molecule has 0 radical (unpaired) electrons. The van der Waals surface area contributed by atoms with E-state index in [-0.39, 0.29) is 5.97 Å². The molecule has 0 aliphatic carbocycles.